The second-order valence-corrected chi connectivity index (χ2v) is 4.20. The first kappa shape index (κ1) is 11.3. The van der Waals surface area contributed by atoms with Crippen LogP contribution in [0.25, 0.3) is 22.2 Å². The van der Waals surface area contributed by atoms with Crippen molar-refractivity contribution >= 4 is 16.9 Å². The second-order valence-electron chi connectivity index (χ2n) is 4.20. The number of carboxylic acid groups (broad SMARTS) is 1. The number of phenols is 1. The Hall–Kier alpha value is -2.76. The first-order valence-electron chi connectivity index (χ1n) is 5.58. The number of aryl methyl sites for hydroxylation is 1. The molecular weight excluding hydrogens is 248 g/mol. The van der Waals surface area contributed by atoms with E-state index in [0.29, 0.717) is 22.2 Å². The van der Waals surface area contributed by atoms with Gasteiger partial charge in [-0.15, -0.1) is 0 Å². The molecule has 3 N–H and O–H groups in total. The molecule has 96 valence electrons. The largest absolute Gasteiger partial charge is 0.507 e. The number of rotatable bonds is 2. The summed E-state index contributed by atoms with van der Waals surface area (Å²) in [5.74, 6) is -0.928. The molecule has 0 saturated carbocycles. The highest BCUT2D eigenvalue weighted by Crippen LogP contribution is 2.38. The molecule has 19 heavy (non-hydrogen) atoms. The first-order chi connectivity index (χ1) is 9.09. The van der Waals surface area contributed by atoms with Gasteiger partial charge in [0.15, 0.2) is 5.76 Å². The minimum absolute atomic E-state index is 0.0350. The van der Waals surface area contributed by atoms with Gasteiger partial charge < -0.3 is 19.7 Å². The highest BCUT2D eigenvalue weighted by Gasteiger charge is 2.23. The Balaban J connectivity index is 2.39. The number of phenolic OH excluding ortho intramolecular Hbond substituents is 1. The number of carboxylic acids is 1. The molecule has 0 aliphatic heterocycles. The third kappa shape index (κ3) is 1.57. The number of hydrogen-bond donors (Lipinski definition) is 3. The van der Waals surface area contributed by atoms with E-state index in [1.165, 1.54) is 6.07 Å². The lowest BCUT2D eigenvalue weighted by Crippen LogP contribution is -1.96. The van der Waals surface area contributed by atoms with E-state index < -0.39 is 5.97 Å². The molecule has 0 amide bonds. The Morgan fingerprint density at radius 1 is 1.42 bits per heavy atom. The van der Waals surface area contributed by atoms with Crippen LogP contribution in [0.3, 0.4) is 0 Å². The first-order valence-corrected chi connectivity index (χ1v) is 5.58. The Morgan fingerprint density at radius 2 is 2.21 bits per heavy atom. The van der Waals surface area contributed by atoms with Crippen LogP contribution >= 0.6 is 0 Å². The average Bonchev–Trinajstić information content (AvgIpc) is 2.92. The third-order valence-electron chi connectivity index (χ3n) is 3.02. The number of nitrogens with one attached hydrogen (secondary N) is 1. The van der Waals surface area contributed by atoms with Crippen LogP contribution in [-0.4, -0.2) is 26.3 Å². The van der Waals surface area contributed by atoms with Crippen LogP contribution < -0.4 is 0 Å². The highest BCUT2D eigenvalue weighted by atomic mass is 16.5. The van der Waals surface area contributed by atoms with E-state index in [-0.39, 0.29) is 17.1 Å². The van der Waals surface area contributed by atoms with Gasteiger partial charge in [0.05, 0.1) is 22.7 Å². The molecule has 0 fully saturated rings. The van der Waals surface area contributed by atoms with Crippen molar-refractivity contribution in [1.29, 1.82) is 0 Å². The van der Waals surface area contributed by atoms with Gasteiger partial charge in [-0.2, -0.15) is 0 Å². The van der Waals surface area contributed by atoms with Gasteiger partial charge in [-0.25, -0.2) is 4.79 Å². The highest BCUT2D eigenvalue weighted by molar-refractivity contribution is 6.04. The number of fused-ring (bicyclic) bond motifs is 1. The van der Waals surface area contributed by atoms with Crippen molar-refractivity contribution in [1.82, 2.24) is 10.1 Å². The van der Waals surface area contributed by atoms with E-state index in [2.05, 4.69) is 10.1 Å². The Labute approximate surface area is 107 Å². The summed E-state index contributed by atoms with van der Waals surface area (Å²) in [6.45, 7) is 1.78. The third-order valence-corrected chi connectivity index (χ3v) is 3.02. The van der Waals surface area contributed by atoms with Crippen molar-refractivity contribution in [2.24, 2.45) is 0 Å². The van der Waals surface area contributed by atoms with Gasteiger partial charge in [-0.1, -0.05) is 11.2 Å². The molecule has 0 aliphatic carbocycles. The molecule has 0 unspecified atom stereocenters. The topological polar surface area (TPSA) is 99.4 Å². The predicted molar refractivity (Wildman–Crippen MR) is 67.2 cm³/mol. The Kier molecular flexibility index (Phi) is 2.31. The lowest BCUT2D eigenvalue weighted by atomic mass is 10.0. The molecule has 2 aromatic heterocycles. The zero-order valence-electron chi connectivity index (χ0n) is 9.97. The smallest absolute Gasteiger partial charge is 0.341 e. The summed E-state index contributed by atoms with van der Waals surface area (Å²) in [5.41, 5.74) is 1.89. The monoisotopic (exact) mass is 258 g/mol. The van der Waals surface area contributed by atoms with Crippen molar-refractivity contribution < 1.29 is 19.5 Å². The molecular formula is C13H10N2O4. The number of aromatic carboxylic acids is 1. The summed E-state index contributed by atoms with van der Waals surface area (Å²) in [6, 6.07) is 5.04. The minimum Gasteiger partial charge on any atom is -0.507 e. The molecule has 0 atom stereocenters. The van der Waals surface area contributed by atoms with E-state index in [1.807, 2.05) is 0 Å². The van der Waals surface area contributed by atoms with Crippen molar-refractivity contribution in [3.8, 4) is 17.1 Å². The van der Waals surface area contributed by atoms with Crippen LogP contribution in [0.1, 0.15) is 16.1 Å². The molecule has 0 aliphatic rings. The number of aromatic hydroxyl groups is 1. The van der Waals surface area contributed by atoms with Crippen LogP contribution in [0.15, 0.2) is 28.9 Å². The standard InChI is InChI=1S/C13H10N2O4/c1-6-10(12-7(13(17)18)5-14-19-12)11-8(15-6)3-2-4-9(11)16/h2-5,15-16H,1H3,(H,17,18). The van der Waals surface area contributed by atoms with Gasteiger partial charge in [-0.05, 0) is 19.1 Å². The lowest BCUT2D eigenvalue weighted by molar-refractivity contribution is 0.0697. The van der Waals surface area contributed by atoms with E-state index in [4.69, 9.17) is 9.63 Å². The Morgan fingerprint density at radius 3 is 2.95 bits per heavy atom. The maximum atomic E-state index is 11.1. The van der Waals surface area contributed by atoms with E-state index in [9.17, 15) is 9.90 Å². The maximum Gasteiger partial charge on any atom is 0.341 e. The van der Waals surface area contributed by atoms with Crippen LogP contribution in [0, 0.1) is 6.92 Å². The zero-order valence-corrected chi connectivity index (χ0v) is 9.97. The number of benzene rings is 1. The quantitative estimate of drug-likeness (QED) is 0.656. The van der Waals surface area contributed by atoms with E-state index >= 15 is 0 Å². The number of aromatic amines is 1. The fraction of sp³-hybridized carbons (Fsp3) is 0.0769. The zero-order chi connectivity index (χ0) is 13.6. The fourth-order valence-electron chi connectivity index (χ4n) is 2.22. The molecule has 0 saturated heterocycles. The molecule has 0 radical (unpaired) electrons. The molecule has 3 aromatic rings. The molecule has 0 bridgehead atoms. The van der Waals surface area contributed by atoms with Gasteiger partial charge in [-0.3, -0.25) is 0 Å². The van der Waals surface area contributed by atoms with Gasteiger partial charge in [0.2, 0.25) is 0 Å². The number of H-pyrrole nitrogens is 1. The van der Waals surface area contributed by atoms with Crippen LogP contribution in [-0.2, 0) is 0 Å². The van der Waals surface area contributed by atoms with Crippen molar-refractivity contribution in [2.75, 3.05) is 0 Å². The van der Waals surface area contributed by atoms with Crippen LogP contribution in [0.4, 0.5) is 0 Å². The predicted octanol–water partition coefficient (Wildman–Crippen LogP) is 2.54. The molecule has 2 heterocycles. The summed E-state index contributed by atoms with van der Waals surface area (Å²) in [5, 5.41) is 23.1. The Bertz CT molecular complexity index is 785. The fourth-order valence-corrected chi connectivity index (χ4v) is 2.22. The summed E-state index contributed by atoms with van der Waals surface area (Å²) < 4.78 is 5.05. The van der Waals surface area contributed by atoms with Crippen LogP contribution in [0.5, 0.6) is 5.75 Å². The van der Waals surface area contributed by atoms with E-state index in [1.54, 1.807) is 19.1 Å². The number of aromatic nitrogens is 2. The van der Waals surface area contributed by atoms with Gasteiger partial charge >= 0.3 is 5.97 Å². The molecule has 0 spiro atoms. The maximum absolute atomic E-state index is 11.1. The van der Waals surface area contributed by atoms with Crippen molar-refractivity contribution in [2.45, 2.75) is 6.92 Å². The summed E-state index contributed by atoms with van der Waals surface area (Å²) >= 11 is 0. The molecule has 6 heteroatoms. The van der Waals surface area contributed by atoms with Crippen molar-refractivity contribution in [3.63, 3.8) is 0 Å². The minimum atomic E-state index is -1.12. The molecule has 1 aromatic carbocycles. The van der Waals surface area contributed by atoms with Gasteiger partial charge in [0.25, 0.3) is 0 Å². The lowest BCUT2D eigenvalue weighted by Gasteiger charge is -2.00. The molecule has 3 rings (SSSR count). The van der Waals surface area contributed by atoms with Gasteiger partial charge in [0, 0.05) is 5.69 Å². The second kappa shape index (κ2) is 3.88. The summed E-state index contributed by atoms with van der Waals surface area (Å²) in [7, 11) is 0. The summed E-state index contributed by atoms with van der Waals surface area (Å²) in [4.78, 5) is 14.2. The number of nitrogens with zero attached hydrogens (tertiary/aromatic N) is 1. The number of carbonyl (C=O) groups is 1. The van der Waals surface area contributed by atoms with Gasteiger partial charge in [0.1, 0.15) is 11.3 Å². The van der Waals surface area contributed by atoms with E-state index in [0.717, 1.165) is 6.20 Å². The normalized spacial score (nSPS) is 11.0. The summed E-state index contributed by atoms with van der Waals surface area (Å²) in [6.07, 6.45) is 1.15. The SMILES string of the molecule is Cc1[nH]c2cccc(O)c2c1-c1oncc1C(=O)O. The van der Waals surface area contributed by atoms with Crippen LogP contribution in [0.2, 0.25) is 0 Å². The molecule has 6 nitrogen and oxygen atoms in total. The number of hydrogen-bond acceptors (Lipinski definition) is 4. The van der Waals surface area contributed by atoms with Crippen molar-refractivity contribution in [3.05, 3.63) is 35.7 Å². The average molecular weight is 258 g/mol.